The Bertz CT molecular complexity index is 115. The molecule has 1 aliphatic heterocycles. The van der Waals surface area contributed by atoms with Gasteiger partial charge in [-0.1, -0.05) is 27.7 Å². The lowest BCUT2D eigenvalue weighted by Gasteiger charge is -1.96. The van der Waals surface area contributed by atoms with Gasteiger partial charge in [-0.05, 0) is 6.92 Å². The van der Waals surface area contributed by atoms with E-state index in [1.54, 1.807) is 0 Å². The molecule has 0 aliphatic carbocycles. The molecule has 0 atom stereocenters. The maximum atomic E-state index is 4.05. The molecule has 0 spiro atoms. The zero-order chi connectivity index (χ0) is 9.11. The molecule has 0 aromatic heterocycles. The summed E-state index contributed by atoms with van der Waals surface area (Å²) in [5.41, 5.74) is 0. The van der Waals surface area contributed by atoms with E-state index in [1.807, 2.05) is 40.8 Å². The van der Waals surface area contributed by atoms with Crippen molar-refractivity contribution in [3.63, 3.8) is 0 Å². The molecule has 0 N–H and O–H groups in total. The number of rotatable bonds is 0. The summed E-state index contributed by atoms with van der Waals surface area (Å²) in [4.78, 5) is 8.00. The first kappa shape index (κ1) is 13.0. The molecule has 66 valence electrons. The predicted octanol–water partition coefficient (Wildman–Crippen LogP) is 2.93. The highest BCUT2D eigenvalue weighted by atomic mass is 14.9. The summed E-state index contributed by atoms with van der Waals surface area (Å²) < 4.78 is 0. The molecule has 11 heavy (non-hydrogen) atoms. The van der Waals surface area contributed by atoms with E-state index >= 15 is 0 Å². The average molecular weight is 156 g/mol. The van der Waals surface area contributed by atoms with Crippen molar-refractivity contribution in [1.82, 2.24) is 0 Å². The number of aliphatic imine (C=N–C) groups is 2. The molecular weight excluding hydrogens is 136 g/mol. The van der Waals surface area contributed by atoms with E-state index in [2.05, 4.69) is 9.98 Å². The van der Waals surface area contributed by atoms with Crippen LogP contribution in [0.4, 0.5) is 0 Å². The van der Waals surface area contributed by atoms with Crippen LogP contribution < -0.4 is 0 Å². The van der Waals surface area contributed by atoms with Crippen LogP contribution in [0.1, 0.15) is 41.0 Å². The molecule has 0 radical (unpaired) electrons. The monoisotopic (exact) mass is 156 g/mol. The van der Waals surface area contributed by atoms with E-state index in [4.69, 9.17) is 0 Å². The standard InChI is InChI=1S/C5H8N2.2C2H6/c1-5-6-3-2-4-7-5;2*1-2/h3H,2,4H2,1H3;2*1-2H3. The van der Waals surface area contributed by atoms with Crippen LogP contribution >= 0.6 is 0 Å². The van der Waals surface area contributed by atoms with Crippen LogP contribution in [-0.2, 0) is 0 Å². The molecule has 0 saturated heterocycles. The number of amidine groups is 1. The Morgan fingerprint density at radius 1 is 1.18 bits per heavy atom. The largest absolute Gasteiger partial charge is 0.270 e. The number of hydrogen-bond donors (Lipinski definition) is 0. The second-order valence-electron chi connectivity index (χ2n) is 1.53. The minimum Gasteiger partial charge on any atom is -0.270 e. The average Bonchev–Trinajstić information content (AvgIpc) is 2.13. The topological polar surface area (TPSA) is 24.7 Å². The molecule has 0 saturated carbocycles. The fraction of sp³-hybridized carbons (Fsp3) is 0.778. The first-order valence-corrected chi connectivity index (χ1v) is 4.43. The fourth-order valence-electron chi connectivity index (χ4n) is 0.522. The molecule has 0 aromatic carbocycles. The van der Waals surface area contributed by atoms with E-state index in [9.17, 15) is 0 Å². The van der Waals surface area contributed by atoms with Gasteiger partial charge in [0.1, 0.15) is 5.84 Å². The van der Waals surface area contributed by atoms with Crippen LogP contribution in [-0.4, -0.2) is 18.6 Å². The lowest BCUT2D eigenvalue weighted by Crippen LogP contribution is -1.96. The summed E-state index contributed by atoms with van der Waals surface area (Å²) in [5, 5.41) is 0. The molecule has 2 heteroatoms. The van der Waals surface area contributed by atoms with Gasteiger partial charge in [-0.25, -0.2) is 4.99 Å². The molecule has 1 rings (SSSR count). The third-order valence-corrected chi connectivity index (χ3v) is 0.877. The summed E-state index contributed by atoms with van der Waals surface area (Å²) in [6.45, 7) is 10.8. The van der Waals surface area contributed by atoms with Gasteiger partial charge in [0.2, 0.25) is 0 Å². The van der Waals surface area contributed by atoms with Gasteiger partial charge in [0.25, 0.3) is 0 Å². The zero-order valence-electron chi connectivity index (χ0n) is 8.39. The summed E-state index contributed by atoms with van der Waals surface area (Å²) >= 11 is 0. The minimum absolute atomic E-state index is 0.909. The minimum atomic E-state index is 0.909. The zero-order valence-corrected chi connectivity index (χ0v) is 8.39. The maximum absolute atomic E-state index is 4.05. The van der Waals surface area contributed by atoms with Crippen molar-refractivity contribution in [1.29, 1.82) is 0 Å². The Kier molecular flexibility index (Phi) is 14.2. The van der Waals surface area contributed by atoms with Crippen molar-refractivity contribution in [3.8, 4) is 0 Å². The highest BCUT2D eigenvalue weighted by Crippen LogP contribution is 1.88. The van der Waals surface area contributed by atoms with E-state index in [-0.39, 0.29) is 0 Å². The summed E-state index contributed by atoms with van der Waals surface area (Å²) in [6.07, 6.45) is 2.92. The van der Waals surface area contributed by atoms with Crippen LogP contribution in [0.2, 0.25) is 0 Å². The van der Waals surface area contributed by atoms with Crippen LogP contribution in [0.3, 0.4) is 0 Å². The van der Waals surface area contributed by atoms with E-state index < -0.39 is 0 Å². The van der Waals surface area contributed by atoms with E-state index in [0.29, 0.717) is 0 Å². The van der Waals surface area contributed by atoms with Crippen molar-refractivity contribution >= 4 is 12.1 Å². The van der Waals surface area contributed by atoms with Gasteiger partial charge in [0.15, 0.2) is 0 Å². The summed E-state index contributed by atoms with van der Waals surface area (Å²) in [7, 11) is 0. The van der Waals surface area contributed by atoms with Crippen molar-refractivity contribution in [2.24, 2.45) is 9.98 Å². The molecule has 0 amide bonds. The van der Waals surface area contributed by atoms with Gasteiger partial charge in [0.05, 0.1) is 0 Å². The molecule has 0 fully saturated rings. The first-order valence-electron chi connectivity index (χ1n) is 4.43. The predicted molar refractivity (Wildman–Crippen MR) is 53.8 cm³/mol. The van der Waals surface area contributed by atoms with E-state index in [0.717, 1.165) is 18.8 Å². The van der Waals surface area contributed by atoms with Gasteiger partial charge in [-0.3, -0.25) is 4.99 Å². The van der Waals surface area contributed by atoms with Crippen molar-refractivity contribution < 1.29 is 0 Å². The van der Waals surface area contributed by atoms with Gasteiger partial charge >= 0.3 is 0 Å². The SMILES string of the molecule is CC.CC.CC1=NCCC=N1. The van der Waals surface area contributed by atoms with Crippen LogP contribution in [0.25, 0.3) is 0 Å². The molecule has 0 bridgehead atoms. The second kappa shape index (κ2) is 12.1. The number of nitrogens with zero attached hydrogens (tertiary/aromatic N) is 2. The van der Waals surface area contributed by atoms with Crippen molar-refractivity contribution in [2.75, 3.05) is 6.54 Å². The highest BCUT2D eigenvalue weighted by Gasteiger charge is 1.88. The molecule has 1 heterocycles. The van der Waals surface area contributed by atoms with Crippen molar-refractivity contribution in [3.05, 3.63) is 0 Å². The second-order valence-corrected chi connectivity index (χ2v) is 1.53. The Balaban J connectivity index is 0. The van der Waals surface area contributed by atoms with Crippen molar-refractivity contribution in [2.45, 2.75) is 41.0 Å². The molecule has 0 aromatic rings. The molecular formula is C9H20N2. The van der Waals surface area contributed by atoms with Crippen LogP contribution in [0, 0.1) is 0 Å². The Morgan fingerprint density at radius 3 is 1.91 bits per heavy atom. The summed E-state index contributed by atoms with van der Waals surface area (Å²) in [6, 6.07) is 0. The van der Waals surface area contributed by atoms with Gasteiger partial charge in [-0.15, -0.1) is 0 Å². The normalized spacial score (nSPS) is 13.4. The Labute approximate surface area is 70.5 Å². The van der Waals surface area contributed by atoms with Gasteiger partial charge in [0, 0.05) is 19.2 Å². The Hall–Kier alpha value is -0.660. The fourth-order valence-corrected chi connectivity index (χ4v) is 0.522. The maximum Gasteiger partial charge on any atom is 0.119 e. The highest BCUT2D eigenvalue weighted by molar-refractivity contribution is 5.89. The summed E-state index contributed by atoms with van der Waals surface area (Å²) in [5.74, 6) is 0.909. The van der Waals surface area contributed by atoms with Gasteiger partial charge < -0.3 is 0 Å². The third-order valence-electron chi connectivity index (χ3n) is 0.877. The number of hydrogen-bond acceptors (Lipinski definition) is 2. The third kappa shape index (κ3) is 9.34. The Morgan fingerprint density at radius 2 is 1.73 bits per heavy atom. The van der Waals surface area contributed by atoms with Crippen LogP contribution in [0.15, 0.2) is 9.98 Å². The smallest absolute Gasteiger partial charge is 0.119 e. The molecule has 2 nitrogen and oxygen atoms in total. The lowest BCUT2D eigenvalue weighted by molar-refractivity contribution is 1.03. The first-order chi connectivity index (χ1) is 5.39. The lowest BCUT2D eigenvalue weighted by atomic mass is 10.4. The molecule has 0 unspecified atom stereocenters. The molecule has 1 aliphatic rings. The van der Waals surface area contributed by atoms with Crippen LogP contribution in [0.5, 0.6) is 0 Å². The van der Waals surface area contributed by atoms with Gasteiger partial charge in [-0.2, -0.15) is 0 Å². The van der Waals surface area contributed by atoms with E-state index in [1.165, 1.54) is 0 Å². The quantitative estimate of drug-likeness (QED) is 0.515.